The Bertz CT molecular complexity index is 1500. The maximum atomic E-state index is 13.0. The zero-order valence-electron chi connectivity index (χ0n) is 25.5. The molecule has 2 amide bonds. The van der Waals surface area contributed by atoms with E-state index >= 15 is 0 Å². The van der Waals surface area contributed by atoms with Crippen molar-refractivity contribution in [3.63, 3.8) is 0 Å². The Morgan fingerprint density at radius 3 is 2.30 bits per heavy atom. The summed E-state index contributed by atoms with van der Waals surface area (Å²) in [6, 6.07) is 21.1. The highest BCUT2D eigenvalue weighted by molar-refractivity contribution is 6.36. The number of nitrogens with zero attached hydrogens (tertiary/aromatic N) is 4. The standard InChI is InChI=1S/C34H39N5O5/c1-34(2,3)44-33(42)39(24-26-15-11-21-35-22-26)28-19-17-27(18-20-28)32-38-37-30(43-32)23-36-31(41)29(40)16-10-5-4-7-12-25-13-8-6-9-14-25/h6,8-9,11,13-15,17-22H,4-5,7,10,12,16,23-24H2,1-3H3,(H,36,41). The van der Waals surface area contributed by atoms with Crippen molar-refractivity contribution in [1.82, 2.24) is 20.5 Å². The van der Waals surface area contributed by atoms with Gasteiger partial charge in [0, 0.05) is 30.1 Å². The summed E-state index contributed by atoms with van der Waals surface area (Å²) >= 11 is 0. The van der Waals surface area contributed by atoms with E-state index < -0.39 is 23.4 Å². The number of anilines is 1. The van der Waals surface area contributed by atoms with Crippen molar-refractivity contribution in [1.29, 1.82) is 0 Å². The number of ketones is 1. The topological polar surface area (TPSA) is 128 Å². The number of Topliss-reactive ketones (excluding diaryl/α,β-unsaturated/α-hetero) is 1. The van der Waals surface area contributed by atoms with Crippen LogP contribution in [0.2, 0.25) is 0 Å². The maximum absolute atomic E-state index is 13.0. The van der Waals surface area contributed by atoms with E-state index in [-0.39, 0.29) is 31.3 Å². The van der Waals surface area contributed by atoms with E-state index in [1.807, 2.05) is 51.1 Å². The lowest BCUT2D eigenvalue weighted by molar-refractivity contribution is -0.138. The van der Waals surface area contributed by atoms with Gasteiger partial charge in [-0.15, -0.1) is 10.2 Å². The Balaban J connectivity index is 1.25. The van der Waals surface area contributed by atoms with Crippen LogP contribution in [-0.2, 0) is 33.8 Å². The first kappa shape index (κ1) is 32.1. The van der Waals surface area contributed by atoms with Crippen molar-refractivity contribution >= 4 is 23.5 Å². The van der Waals surface area contributed by atoms with Gasteiger partial charge in [-0.3, -0.25) is 19.5 Å². The number of pyridine rings is 1. The Morgan fingerprint density at radius 2 is 1.59 bits per heavy atom. The summed E-state index contributed by atoms with van der Waals surface area (Å²) in [5.41, 5.74) is 2.75. The molecule has 0 spiro atoms. The Hall–Kier alpha value is -4.86. The molecular formula is C34H39N5O5. The number of rotatable bonds is 14. The predicted molar refractivity (Wildman–Crippen MR) is 166 cm³/mol. The van der Waals surface area contributed by atoms with Gasteiger partial charge in [-0.2, -0.15) is 0 Å². The van der Waals surface area contributed by atoms with E-state index in [0.717, 1.165) is 31.2 Å². The summed E-state index contributed by atoms with van der Waals surface area (Å²) < 4.78 is 11.3. The molecule has 1 N–H and O–H groups in total. The lowest BCUT2D eigenvalue weighted by Crippen LogP contribution is -2.36. The van der Waals surface area contributed by atoms with Crippen molar-refractivity contribution in [2.75, 3.05) is 4.90 Å². The highest BCUT2D eigenvalue weighted by atomic mass is 16.6. The van der Waals surface area contributed by atoms with Gasteiger partial charge < -0.3 is 14.5 Å². The van der Waals surface area contributed by atoms with E-state index in [1.54, 1.807) is 36.7 Å². The fourth-order valence-corrected chi connectivity index (χ4v) is 4.46. The van der Waals surface area contributed by atoms with Gasteiger partial charge in [0.25, 0.3) is 5.91 Å². The van der Waals surface area contributed by atoms with E-state index in [9.17, 15) is 14.4 Å². The van der Waals surface area contributed by atoms with Crippen LogP contribution in [0, 0.1) is 0 Å². The number of carbonyl (C=O) groups is 3. The minimum absolute atomic E-state index is 0.0513. The molecule has 0 radical (unpaired) electrons. The van der Waals surface area contributed by atoms with Gasteiger partial charge >= 0.3 is 6.09 Å². The molecule has 4 rings (SSSR count). The van der Waals surface area contributed by atoms with Crippen LogP contribution < -0.4 is 10.2 Å². The Labute approximate surface area is 257 Å². The van der Waals surface area contributed by atoms with Crippen molar-refractivity contribution in [3.05, 3.63) is 96.1 Å². The number of amides is 2. The molecule has 0 saturated heterocycles. The molecule has 4 aromatic rings. The van der Waals surface area contributed by atoms with E-state index in [2.05, 4.69) is 32.6 Å². The third kappa shape index (κ3) is 10.1. The van der Waals surface area contributed by atoms with Crippen molar-refractivity contribution in [2.24, 2.45) is 0 Å². The average molecular weight is 598 g/mol. The molecule has 0 aliphatic carbocycles. The quantitative estimate of drug-likeness (QED) is 0.130. The molecule has 0 bridgehead atoms. The molecule has 0 saturated carbocycles. The first-order valence-electron chi connectivity index (χ1n) is 14.8. The van der Waals surface area contributed by atoms with Crippen molar-refractivity contribution in [2.45, 2.75) is 78.0 Å². The van der Waals surface area contributed by atoms with Crippen LogP contribution in [-0.4, -0.2) is 38.6 Å². The summed E-state index contributed by atoms with van der Waals surface area (Å²) in [7, 11) is 0. The normalized spacial score (nSPS) is 11.2. The molecule has 2 aromatic heterocycles. The SMILES string of the molecule is CC(C)(C)OC(=O)N(Cc1cccnc1)c1ccc(-c2nnc(CNC(=O)C(=O)CCCCCCc3ccccc3)o2)cc1. The first-order valence-corrected chi connectivity index (χ1v) is 14.8. The van der Waals surface area contributed by atoms with Gasteiger partial charge in [0.1, 0.15) is 5.60 Å². The molecule has 0 aliphatic rings. The fraction of sp³-hybridized carbons (Fsp3) is 0.353. The zero-order chi connectivity index (χ0) is 31.4. The lowest BCUT2D eigenvalue weighted by atomic mass is 10.0. The van der Waals surface area contributed by atoms with Gasteiger partial charge in [-0.1, -0.05) is 49.2 Å². The van der Waals surface area contributed by atoms with Crippen LogP contribution >= 0.6 is 0 Å². The summed E-state index contributed by atoms with van der Waals surface area (Å²) in [4.78, 5) is 43.2. The second-order valence-corrected chi connectivity index (χ2v) is 11.5. The predicted octanol–water partition coefficient (Wildman–Crippen LogP) is 6.45. The molecule has 230 valence electrons. The molecule has 0 aliphatic heterocycles. The monoisotopic (exact) mass is 597 g/mol. The summed E-state index contributed by atoms with van der Waals surface area (Å²) in [5.74, 6) is -0.685. The van der Waals surface area contributed by atoms with Crippen LogP contribution in [0.3, 0.4) is 0 Å². The number of ether oxygens (including phenoxy) is 1. The number of carbonyl (C=O) groups excluding carboxylic acids is 3. The van der Waals surface area contributed by atoms with Crippen LogP contribution in [0.25, 0.3) is 11.5 Å². The number of nitrogens with one attached hydrogen (secondary N) is 1. The van der Waals surface area contributed by atoms with Crippen molar-refractivity contribution < 1.29 is 23.5 Å². The number of aromatic nitrogens is 3. The first-order chi connectivity index (χ1) is 21.2. The van der Waals surface area contributed by atoms with Crippen molar-refractivity contribution in [3.8, 4) is 11.5 Å². The summed E-state index contributed by atoms with van der Waals surface area (Å²) in [6.07, 6.45) is 7.76. The van der Waals surface area contributed by atoms with Crippen LogP contribution in [0.4, 0.5) is 10.5 Å². The third-order valence-electron chi connectivity index (χ3n) is 6.69. The largest absolute Gasteiger partial charge is 0.443 e. The van der Waals surface area contributed by atoms with E-state index in [1.165, 1.54) is 10.5 Å². The minimum Gasteiger partial charge on any atom is -0.443 e. The van der Waals surface area contributed by atoms with Gasteiger partial charge in [0.05, 0.1) is 13.1 Å². The number of aryl methyl sites for hydroxylation is 1. The molecular weight excluding hydrogens is 558 g/mol. The van der Waals surface area contributed by atoms with Crippen LogP contribution in [0.5, 0.6) is 0 Å². The number of hydrogen-bond donors (Lipinski definition) is 1. The number of unbranched alkanes of at least 4 members (excludes halogenated alkanes) is 3. The van der Waals surface area contributed by atoms with Gasteiger partial charge in [-0.05, 0) is 81.5 Å². The van der Waals surface area contributed by atoms with Crippen LogP contribution in [0.1, 0.15) is 69.9 Å². The smallest absolute Gasteiger partial charge is 0.415 e. The maximum Gasteiger partial charge on any atom is 0.415 e. The average Bonchev–Trinajstić information content (AvgIpc) is 3.49. The number of benzene rings is 2. The molecule has 10 heteroatoms. The highest BCUT2D eigenvalue weighted by Gasteiger charge is 2.24. The Kier molecular flexibility index (Phi) is 11.3. The molecule has 10 nitrogen and oxygen atoms in total. The second kappa shape index (κ2) is 15.6. The zero-order valence-corrected chi connectivity index (χ0v) is 25.5. The Morgan fingerprint density at radius 1 is 0.864 bits per heavy atom. The molecule has 0 atom stereocenters. The summed E-state index contributed by atoms with van der Waals surface area (Å²) in [5, 5.41) is 10.6. The molecule has 0 unspecified atom stereocenters. The van der Waals surface area contributed by atoms with Gasteiger partial charge in [0.15, 0.2) is 0 Å². The molecule has 44 heavy (non-hydrogen) atoms. The molecule has 2 heterocycles. The summed E-state index contributed by atoms with van der Waals surface area (Å²) in [6.45, 7) is 5.68. The highest BCUT2D eigenvalue weighted by Crippen LogP contribution is 2.25. The molecule has 2 aromatic carbocycles. The second-order valence-electron chi connectivity index (χ2n) is 11.5. The van der Waals surface area contributed by atoms with E-state index in [4.69, 9.17) is 9.15 Å². The minimum atomic E-state index is -0.660. The fourth-order valence-electron chi connectivity index (χ4n) is 4.46. The van der Waals surface area contributed by atoms with Gasteiger partial charge in [0.2, 0.25) is 17.6 Å². The third-order valence-corrected chi connectivity index (χ3v) is 6.69. The lowest BCUT2D eigenvalue weighted by Gasteiger charge is -2.27. The molecule has 0 fully saturated rings. The van der Waals surface area contributed by atoms with Crippen LogP contribution in [0.15, 0.2) is 83.5 Å². The van der Waals surface area contributed by atoms with E-state index in [0.29, 0.717) is 17.7 Å². The van der Waals surface area contributed by atoms with Gasteiger partial charge in [-0.25, -0.2) is 4.79 Å². The number of hydrogen-bond acceptors (Lipinski definition) is 8.